The minimum Gasteiger partial charge on any atom is -0.496 e. The average Bonchev–Trinajstić information content (AvgIpc) is 2.83. The molecule has 2 aromatic heterocycles. The van der Waals surface area contributed by atoms with Gasteiger partial charge < -0.3 is 10.5 Å². The smallest absolute Gasteiger partial charge is 0.113 e. The Morgan fingerprint density at radius 2 is 2.35 bits per heavy atom. The molecule has 0 fully saturated rings. The number of fused-ring (bicyclic) bond motifs is 1. The van der Waals surface area contributed by atoms with Crippen LogP contribution in [0.4, 0.5) is 0 Å². The van der Waals surface area contributed by atoms with Gasteiger partial charge in [-0.15, -0.1) is 0 Å². The van der Waals surface area contributed by atoms with E-state index in [1.54, 1.807) is 23.1 Å². The Kier molecular flexibility index (Phi) is 2.53. The topological polar surface area (TPSA) is 65.4 Å². The normalized spacial score (nSPS) is 17.6. The standard InChI is InChI=1S/C12H14N4O/c13-12(11-3-1-2-6-17-11)9-7-15-16-5-4-14-8-10(9)16/h3-5,7-8,12H,1-2,6,13H2. The van der Waals surface area contributed by atoms with Crippen molar-refractivity contribution in [1.82, 2.24) is 14.6 Å². The van der Waals surface area contributed by atoms with Gasteiger partial charge in [-0.1, -0.05) is 0 Å². The van der Waals surface area contributed by atoms with E-state index in [0.29, 0.717) is 0 Å². The van der Waals surface area contributed by atoms with Gasteiger partial charge in [0.05, 0.1) is 30.6 Å². The van der Waals surface area contributed by atoms with E-state index in [-0.39, 0.29) is 6.04 Å². The number of nitrogens with zero attached hydrogens (tertiary/aromatic N) is 3. The second-order valence-corrected chi connectivity index (χ2v) is 4.08. The molecular weight excluding hydrogens is 216 g/mol. The molecule has 0 bridgehead atoms. The van der Waals surface area contributed by atoms with Crippen molar-refractivity contribution in [2.24, 2.45) is 5.73 Å². The minimum absolute atomic E-state index is 0.253. The van der Waals surface area contributed by atoms with Crippen LogP contribution in [-0.2, 0) is 4.74 Å². The summed E-state index contributed by atoms with van der Waals surface area (Å²) in [5.41, 5.74) is 8.08. The lowest BCUT2D eigenvalue weighted by atomic mass is 10.1. The number of aromatic nitrogens is 3. The molecule has 0 saturated carbocycles. The monoisotopic (exact) mass is 230 g/mol. The van der Waals surface area contributed by atoms with Crippen LogP contribution in [-0.4, -0.2) is 21.2 Å². The average molecular weight is 230 g/mol. The van der Waals surface area contributed by atoms with E-state index in [1.165, 1.54) is 0 Å². The SMILES string of the molecule is NC(C1=CCCCO1)c1cnn2ccncc12. The van der Waals surface area contributed by atoms with Crippen LogP contribution in [0.2, 0.25) is 0 Å². The third-order valence-electron chi connectivity index (χ3n) is 2.96. The summed E-state index contributed by atoms with van der Waals surface area (Å²) >= 11 is 0. The number of nitrogens with two attached hydrogens (primary N) is 1. The molecule has 0 saturated heterocycles. The molecule has 0 amide bonds. The molecule has 88 valence electrons. The predicted octanol–water partition coefficient (Wildman–Crippen LogP) is 1.42. The van der Waals surface area contributed by atoms with Gasteiger partial charge in [-0.3, -0.25) is 4.98 Å². The van der Waals surface area contributed by atoms with Crippen LogP contribution in [0.1, 0.15) is 24.4 Å². The Morgan fingerprint density at radius 3 is 3.18 bits per heavy atom. The quantitative estimate of drug-likeness (QED) is 0.847. The van der Waals surface area contributed by atoms with E-state index >= 15 is 0 Å². The number of allylic oxidation sites excluding steroid dienone is 1. The van der Waals surface area contributed by atoms with Crippen molar-refractivity contribution < 1.29 is 4.74 Å². The van der Waals surface area contributed by atoms with Crippen molar-refractivity contribution in [3.8, 4) is 0 Å². The molecule has 0 aliphatic carbocycles. The first-order valence-corrected chi connectivity index (χ1v) is 5.72. The second kappa shape index (κ2) is 4.18. The first kappa shape index (κ1) is 10.3. The number of hydrogen-bond acceptors (Lipinski definition) is 4. The highest BCUT2D eigenvalue weighted by Gasteiger charge is 2.19. The summed E-state index contributed by atoms with van der Waals surface area (Å²) in [6.07, 6.45) is 11.2. The molecule has 1 aliphatic rings. The van der Waals surface area contributed by atoms with Crippen LogP contribution >= 0.6 is 0 Å². The predicted molar refractivity (Wildman–Crippen MR) is 63.2 cm³/mol. The Labute approximate surface area is 98.9 Å². The highest BCUT2D eigenvalue weighted by Crippen LogP contribution is 2.26. The molecular formula is C12H14N4O. The van der Waals surface area contributed by atoms with E-state index in [2.05, 4.69) is 16.2 Å². The molecule has 3 rings (SSSR count). The molecule has 0 aromatic carbocycles. The fourth-order valence-corrected chi connectivity index (χ4v) is 2.04. The first-order chi connectivity index (χ1) is 8.36. The van der Waals surface area contributed by atoms with Crippen molar-refractivity contribution in [3.05, 3.63) is 42.2 Å². The molecule has 2 N–H and O–H groups in total. The van der Waals surface area contributed by atoms with Gasteiger partial charge in [-0.25, -0.2) is 4.52 Å². The number of ether oxygens (including phenoxy) is 1. The molecule has 1 aliphatic heterocycles. The highest BCUT2D eigenvalue weighted by molar-refractivity contribution is 5.54. The van der Waals surface area contributed by atoms with Gasteiger partial charge in [0.25, 0.3) is 0 Å². The van der Waals surface area contributed by atoms with Gasteiger partial charge in [0.2, 0.25) is 0 Å². The summed E-state index contributed by atoms with van der Waals surface area (Å²) in [5, 5.41) is 4.25. The molecule has 0 radical (unpaired) electrons. The van der Waals surface area contributed by atoms with Crippen LogP contribution in [0, 0.1) is 0 Å². The number of hydrogen-bond donors (Lipinski definition) is 1. The summed E-state index contributed by atoms with van der Waals surface area (Å²) in [7, 11) is 0. The number of rotatable bonds is 2. The van der Waals surface area contributed by atoms with Crippen molar-refractivity contribution in [1.29, 1.82) is 0 Å². The molecule has 0 spiro atoms. The van der Waals surface area contributed by atoms with Crippen LogP contribution in [0.15, 0.2) is 36.6 Å². The zero-order valence-electron chi connectivity index (χ0n) is 9.41. The van der Waals surface area contributed by atoms with Crippen LogP contribution in [0.5, 0.6) is 0 Å². The first-order valence-electron chi connectivity index (χ1n) is 5.72. The Hall–Kier alpha value is -1.88. The molecule has 3 heterocycles. The lowest BCUT2D eigenvalue weighted by Gasteiger charge is -2.19. The van der Waals surface area contributed by atoms with Gasteiger partial charge >= 0.3 is 0 Å². The van der Waals surface area contributed by atoms with E-state index < -0.39 is 0 Å². The summed E-state index contributed by atoms with van der Waals surface area (Å²) in [4.78, 5) is 4.10. The van der Waals surface area contributed by atoms with E-state index in [9.17, 15) is 0 Å². The third kappa shape index (κ3) is 1.78. The Balaban J connectivity index is 2.00. The largest absolute Gasteiger partial charge is 0.496 e. The molecule has 17 heavy (non-hydrogen) atoms. The lowest BCUT2D eigenvalue weighted by molar-refractivity contribution is 0.176. The van der Waals surface area contributed by atoms with Crippen molar-refractivity contribution >= 4 is 5.52 Å². The summed E-state index contributed by atoms with van der Waals surface area (Å²) in [6, 6.07) is -0.253. The molecule has 5 nitrogen and oxygen atoms in total. The van der Waals surface area contributed by atoms with E-state index in [4.69, 9.17) is 10.5 Å². The maximum atomic E-state index is 6.21. The van der Waals surface area contributed by atoms with Crippen molar-refractivity contribution in [3.63, 3.8) is 0 Å². The van der Waals surface area contributed by atoms with Gasteiger partial charge in [0.1, 0.15) is 5.76 Å². The second-order valence-electron chi connectivity index (χ2n) is 4.08. The minimum atomic E-state index is -0.253. The maximum Gasteiger partial charge on any atom is 0.113 e. The zero-order chi connectivity index (χ0) is 11.7. The molecule has 5 heteroatoms. The van der Waals surface area contributed by atoms with Crippen molar-refractivity contribution in [2.75, 3.05) is 6.61 Å². The van der Waals surface area contributed by atoms with E-state index in [1.807, 2.05) is 6.20 Å². The Bertz CT molecular complexity index is 560. The molecule has 2 aromatic rings. The summed E-state index contributed by atoms with van der Waals surface area (Å²) < 4.78 is 7.36. The fourth-order valence-electron chi connectivity index (χ4n) is 2.04. The lowest BCUT2D eigenvalue weighted by Crippen LogP contribution is -2.17. The van der Waals surface area contributed by atoms with Crippen LogP contribution < -0.4 is 5.73 Å². The van der Waals surface area contributed by atoms with Crippen LogP contribution in [0.3, 0.4) is 0 Å². The van der Waals surface area contributed by atoms with E-state index in [0.717, 1.165) is 36.3 Å². The van der Waals surface area contributed by atoms with Gasteiger partial charge in [-0.05, 0) is 18.9 Å². The zero-order valence-corrected chi connectivity index (χ0v) is 9.41. The fraction of sp³-hybridized carbons (Fsp3) is 0.333. The van der Waals surface area contributed by atoms with Crippen LogP contribution in [0.25, 0.3) is 5.52 Å². The maximum absolute atomic E-state index is 6.21. The molecule has 1 atom stereocenters. The van der Waals surface area contributed by atoms with Gasteiger partial charge in [-0.2, -0.15) is 5.10 Å². The van der Waals surface area contributed by atoms with Gasteiger partial charge in [0.15, 0.2) is 0 Å². The Morgan fingerprint density at radius 1 is 1.41 bits per heavy atom. The highest BCUT2D eigenvalue weighted by atomic mass is 16.5. The molecule has 1 unspecified atom stereocenters. The summed E-state index contributed by atoms with van der Waals surface area (Å²) in [5.74, 6) is 0.843. The third-order valence-corrected chi connectivity index (χ3v) is 2.96. The van der Waals surface area contributed by atoms with Crippen molar-refractivity contribution in [2.45, 2.75) is 18.9 Å². The summed E-state index contributed by atoms with van der Waals surface area (Å²) in [6.45, 7) is 0.747. The van der Waals surface area contributed by atoms with Gasteiger partial charge in [0, 0.05) is 18.0 Å².